The van der Waals surface area contributed by atoms with Crippen molar-refractivity contribution in [3.8, 4) is 0 Å². The van der Waals surface area contributed by atoms with Crippen molar-refractivity contribution in [1.82, 2.24) is 29.9 Å². The maximum Gasteiger partial charge on any atom is 0.417 e. The number of hydrogen-bond acceptors (Lipinski definition) is 7. The molecule has 0 bridgehead atoms. The Labute approximate surface area is 143 Å². The molecule has 26 heavy (non-hydrogen) atoms. The number of carbonyl (C=O) groups excluding carboxylic acids is 1. The Morgan fingerprint density at radius 3 is 2.85 bits per heavy atom. The van der Waals surface area contributed by atoms with Crippen LogP contribution in [-0.4, -0.2) is 56.9 Å². The molecule has 4 rings (SSSR count). The summed E-state index contributed by atoms with van der Waals surface area (Å²) in [6, 6.07) is 0.844. The van der Waals surface area contributed by atoms with E-state index in [9.17, 15) is 18.0 Å². The van der Waals surface area contributed by atoms with Gasteiger partial charge in [0.25, 0.3) is 0 Å². The number of hydrogen-bond donors (Lipinski definition) is 1. The lowest BCUT2D eigenvalue weighted by Gasteiger charge is -2.39. The minimum Gasteiger partial charge on any atom is -0.453 e. The van der Waals surface area contributed by atoms with Crippen LogP contribution in [0.1, 0.15) is 5.56 Å². The minimum atomic E-state index is -4.51. The van der Waals surface area contributed by atoms with Crippen molar-refractivity contribution in [3.05, 3.63) is 24.2 Å². The second kappa shape index (κ2) is 5.68. The summed E-state index contributed by atoms with van der Waals surface area (Å²) in [5, 5.41) is 10.4. The predicted molar refractivity (Wildman–Crippen MR) is 82.6 cm³/mol. The Hall–Kier alpha value is -3.18. The molecule has 1 saturated heterocycles. The predicted octanol–water partition coefficient (Wildman–Crippen LogP) is 1.24. The van der Waals surface area contributed by atoms with Gasteiger partial charge in [-0.2, -0.15) is 13.2 Å². The number of fused-ring (bicyclic) bond motifs is 3. The van der Waals surface area contributed by atoms with Gasteiger partial charge in [0, 0.05) is 19.3 Å². The number of carbonyl (C=O) groups is 1. The summed E-state index contributed by atoms with van der Waals surface area (Å²) < 4.78 is 44.8. The quantitative estimate of drug-likeness (QED) is 0.728. The van der Waals surface area contributed by atoms with E-state index in [0.29, 0.717) is 24.6 Å². The van der Waals surface area contributed by atoms with Gasteiger partial charge in [0.2, 0.25) is 5.65 Å². The molecule has 9 nitrogen and oxygen atoms in total. The number of alkyl halides is 3. The van der Waals surface area contributed by atoms with Gasteiger partial charge < -0.3 is 15.0 Å². The fraction of sp³-hybridized carbons (Fsp3) is 0.357. The van der Waals surface area contributed by atoms with Crippen molar-refractivity contribution >= 4 is 28.7 Å². The fourth-order valence-corrected chi connectivity index (χ4v) is 2.76. The number of amides is 1. The summed E-state index contributed by atoms with van der Waals surface area (Å²) in [6.45, 7) is 0.910. The van der Waals surface area contributed by atoms with Crippen LogP contribution in [0, 0.1) is 0 Å². The summed E-state index contributed by atoms with van der Waals surface area (Å²) >= 11 is 0. The third-order valence-electron chi connectivity index (χ3n) is 4.08. The van der Waals surface area contributed by atoms with Gasteiger partial charge in [-0.3, -0.25) is 4.40 Å². The normalized spacial score (nSPS) is 15.3. The van der Waals surface area contributed by atoms with E-state index in [1.807, 2.05) is 4.90 Å². The first-order chi connectivity index (χ1) is 12.4. The van der Waals surface area contributed by atoms with Crippen molar-refractivity contribution in [2.45, 2.75) is 12.2 Å². The van der Waals surface area contributed by atoms with Crippen LogP contribution in [0.3, 0.4) is 0 Å². The number of aromatic nitrogens is 5. The molecule has 1 aliphatic rings. The molecule has 3 aromatic heterocycles. The van der Waals surface area contributed by atoms with E-state index >= 15 is 0 Å². The molecule has 1 fully saturated rings. The molecule has 12 heteroatoms. The van der Waals surface area contributed by atoms with Crippen LogP contribution in [0.25, 0.3) is 16.8 Å². The maximum atomic E-state index is 12.9. The summed E-state index contributed by atoms with van der Waals surface area (Å²) in [7, 11) is 1.28. The number of alkyl carbamates (subject to hydrolysis) is 1. The molecular formula is C14H12F3N7O2. The highest BCUT2D eigenvalue weighted by atomic mass is 19.4. The van der Waals surface area contributed by atoms with Gasteiger partial charge in [-0.15, -0.1) is 10.2 Å². The van der Waals surface area contributed by atoms with E-state index < -0.39 is 17.8 Å². The van der Waals surface area contributed by atoms with Crippen LogP contribution in [-0.2, 0) is 10.9 Å². The molecule has 0 aliphatic carbocycles. The SMILES string of the molecule is COC(=O)NC1CN(c2nc3ncc(C(F)(F)F)cc3n3cnnc23)C1. The zero-order valence-corrected chi connectivity index (χ0v) is 13.4. The molecular weight excluding hydrogens is 355 g/mol. The number of nitrogens with zero attached hydrogens (tertiary/aromatic N) is 6. The Bertz CT molecular complexity index is 997. The van der Waals surface area contributed by atoms with E-state index in [2.05, 4.69) is 30.2 Å². The summed E-state index contributed by atoms with van der Waals surface area (Å²) in [4.78, 5) is 21.2. The molecule has 0 radical (unpaired) electrons. The zero-order chi connectivity index (χ0) is 18.5. The third-order valence-corrected chi connectivity index (χ3v) is 4.08. The fourth-order valence-electron chi connectivity index (χ4n) is 2.76. The number of methoxy groups -OCH3 is 1. The molecule has 0 saturated carbocycles. The average Bonchev–Trinajstić information content (AvgIpc) is 3.05. The van der Waals surface area contributed by atoms with E-state index in [1.165, 1.54) is 17.8 Å². The van der Waals surface area contributed by atoms with Gasteiger partial charge in [-0.1, -0.05) is 0 Å². The van der Waals surface area contributed by atoms with Gasteiger partial charge >= 0.3 is 12.3 Å². The zero-order valence-electron chi connectivity index (χ0n) is 13.4. The van der Waals surface area contributed by atoms with Crippen LogP contribution < -0.4 is 10.2 Å². The minimum absolute atomic E-state index is 0.122. The molecule has 0 unspecified atom stereocenters. The van der Waals surface area contributed by atoms with Gasteiger partial charge in [0.1, 0.15) is 6.33 Å². The lowest BCUT2D eigenvalue weighted by Crippen LogP contribution is -2.59. The Kier molecular flexibility index (Phi) is 3.56. The van der Waals surface area contributed by atoms with Crippen molar-refractivity contribution in [2.24, 2.45) is 0 Å². The summed E-state index contributed by atoms with van der Waals surface area (Å²) in [6.07, 6.45) is -2.98. The number of ether oxygens (including phenoxy) is 1. The molecule has 0 aromatic carbocycles. The third kappa shape index (κ3) is 2.62. The highest BCUT2D eigenvalue weighted by Crippen LogP contribution is 2.32. The van der Waals surface area contributed by atoms with Gasteiger partial charge in [-0.25, -0.2) is 14.8 Å². The van der Waals surface area contributed by atoms with Crippen LogP contribution in [0.15, 0.2) is 18.6 Å². The van der Waals surface area contributed by atoms with Crippen LogP contribution in [0.4, 0.5) is 23.8 Å². The van der Waals surface area contributed by atoms with E-state index in [4.69, 9.17) is 0 Å². The second-order valence-corrected chi connectivity index (χ2v) is 5.76. The molecule has 1 aliphatic heterocycles. The summed E-state index contributed by atoms with van der Waals surface area (Å²) in [5.74, 6) is 0.435. The Morgan fingerprint density at radius 1 is 1.38 bits per heavy atom. The first-order valence-corrected chi connectivity index (χ1v) is 7.53. The topological polar surface area (TPSA) is 97.5 Å². The highest BCUT2D eigenvalue weighted by Gasteiger charge is 2.34. The number of anilines is 1. The smallest absolute Gasteiger partial charge is 0.417 e. The summed E-state index contributed by atoms with van der Waals surface area (Å²) in [5.41, 5.74) is -0.256. The number of nitrogens with one attached hydrogen (secondary N) is 1. The molecule has 1 N–H and O–H groups in total. The van der Waals surface area contributed by atoms with E-state index in [0.717, 1.165) is 12.3 Å². The largest absolute Gasteiger partial charge is 0.453 e. The lowest BCUT2D eigenvalue weighted by atomic mass is 10.1. The molecule has 0 atom stereocenters. The Morgan fingerprint density at radius 2 is 2.15 bits per heavy atom. The molecule has 136 valence electrons. The van der Waals surface area contributed by atoms with Gasteiger partial charge in [0.05, 0.1) is 24.2 Å². The van der Waals surface area contributed by atoms with Crippen LogP contribution in [0.5, 0.6) is 0 Å². The van der Waals surface area contributed by atoms with E-state index in [1.54, 1.807) is 0 Å². The van der Waals surface area contributed by atoms with Crippen molar-refractivity contribution < 1.29 is 22.7 Å². The first kappa shape index (κ1) is 16.3. The van der Waals surface area contributed by atoms with Gasteiger partial charge in [-0.05, 0) is 6.07 Å². The first-order valence-electron chi connectivity index (χ1n) is 7.53. The Balaban J connectivity index is 1.71. The van der Waals surface area contributed by atoms with Crippen molar-refractivity contribution in [2.75, 3.05) is 25.1 Å². The standard InChI is InChI=1S/C14H12F3N7O2/c1-26-13(25)20-8-4-23(5-8)11-12-22-19-6-24(12)9-2-7(14(15,16)17)3-18-10(9)21-11/h2-3,6,8H,4-5H2,1H3,(H,20,25). The second-order valence-electron chi connectivity index (χ2n) is 5.76. The molecule has 1 amide bonds. The number of rotatable bonds is 2. The van der Waals surface area contributed by atoms with Crippen molar-refractivity contribution in [3.63, 3.8) is 0 Å². The van der Waals surface area contributed by atoms with Crippen LogP contribution >= 0.6 is 0 Å². The van der Waals surface area contributed by atoms with E-state index in [-0.39, 0.29) is 17.2 Å². The molecule has 4 heterocycles. The molecule has 0 spiro atoms. The average molecular weight is 367 g/mol. The number of halogens is 3. The van der Waals surface area contributed by atoms with Crippen LogP contribution in [0.2, 0.25) is 0 Å². The highest BCUT2D eigenvalue weighted by molar-refractivity contribution is 5.81. The van der Waals surface area contributed by atoms with Crippen molar-refractivity contribution in [1.29, 1.82) is 0 Å². The monoisotopic (exact) mass is 367 g/mol. The molecule has 3 aromatic rings. The number of pyridine rings is 1. The maximum absolute atomic E-state index is 12.9. The van der Waals surface area contributed by atoms with Gasteiger partial charge in [0.15, 0.2) is 11.5 Å². The lowest BCUT2D eigenvalue weighted by molar-refractivity contribution is -0.137.